The number of guanidine groups is 1. The van der Waals surface area contributed by atoms with Gasteiger partial charge in [-0.05, 0) is 30.0 Å². The first-order valence-corrected chi connectivity index (χ1v) is 7.43. The van der Waals surface area contributed by atoms with Crippen LogP contribution in [-0.2, 0) is 6.42 Å². The van der Waals surface area contributed by atoms with Crippen LogP contribution >= 0.6 is 24.0 Å². The van der Waals surface area contributed by atoms with Gasteiger partial charge in [-0.3, -0.25) is 4.99 Å². The quantitative estimate of drug-likeness (QED) is 0.296. The summed E-state index contributed by atoms with van der Waals surface area (Å²) in [7, 11) is 1.76. The van der Waals surface area contributed by atoms with Gasteiger partial charge in [0.2, 0.25) is 0 Å². The largest absolute Gasteiger partial charge is 0.493 e. The van der Waals surface area contributed by atoms with Gasteiger partial charge in [0.1, 0.15) is 5.75 Å². The minimum Gasteiger partial charge on any atom is -0.493 e. The molecule has 0 saturated carbocycles. The lowest BCUT2D eigenvalue weighted by Gasteiger charge is -2.11. The third-order valence-electron chi connectivity index (χ3n) is 2.85. The first-order chi connectivity index (χ1) is 10.2. The predicted molar refractivity (Wildman–Crippen MR) is 105 cm³/mol. The van der Waals surface area contributed by atoms with Crippen molar-refractivity contribution >= 4 is 29.9 Å². The van der Waals surface area contributed by atoms with E-state index in [1.54, 1.807) is 7.05 Å². The van der Waals surface area contributed by atoms with Crippen molar-refractivity contribution in [1.29, 1.82) is 0 Å². The summed E-state index contributed by atoms with van der Waals surface area (Å²) in [5.41, 5.74) is 1.28. The summed E-state index contributed by atoms with van der Waals surface area (Å²) < 4.78 is 5.67. The summed E-state index contributed by atoms with van der Waals surface area (Å²) in [5.74, 6) is 2.28. The lowest BCUT2D eigenvalue weighted by atomic mass is 10.1. The van der Waals surface area contributed by atoms with Crippen LogP contribution in [0.1, 0.15) is 19.4 Å². The van der Waals surface area contributed by atoms with Crippen LogP contribution in [0.5, 0.6) is 5.75 Å². The number of rotatable bonds is 8. The van der Waals surface area contributed by atoms with Gasteiger partial charge in [0.25, 0.3) is 0 Å². The van der Waals surface area contributed by atoms with E-state index in [9.17, 15) is 0 Å². The van der Waals surface area contributed by atoms with Crippen LogP contribution in [0, 0.1) is 5.92 Å². The fraction of sp³-hybridized carbons (Fsp3) is 0.471. The zero-order chi connectivity index (χ0) is 15.5. The third kappa shape index (κ3) is 8.92. The van der Waals surface area contributed by atoms with E-state index in [1.807, 2.05) is 18.2 Å². The van der Waals surface area contributed by atoms with Crippen molar-refractivity contribution < 1.29 is 4.74 Å². The molecule has 0 fully saturated rings. The van der Waals surface area contributed by atoms with Crippen LogP contribution in [-0.4, -0.2) is 32.7 Å². The summed E-state index contributed by atoms with van der Waals surface area (Å²) in [5, 5.41) is 6.41. The Labute approximate surface area is 151 Å². The third-order valence-corrected chi connectivity index (χ3v) is 2.85. The SMILES string of the molecule is C=CCNC(=NC)NCCc1ccc(OCC(C)C)cc1.I. The second-order valence-electron chi connectivity index (χ2n) is 5.27. The monoisotopic (exact) mass is 417 g/mol. The van der Waals surface area contributed by atoms with Crippen LogP contribution < -0.4 is 15.4 Å². The van der Waals surface area contributed by atoms with Gasteiger partial charge in [0.15, 0.2) is 5.96 Å². The average Bonchev–Trinajstić information content (AvgIpc) is 2.49. The highest BCUT2D eigenvalue weighted by Crippen LogP contribution is 2.13. The molecule has 0 bridgehead atoms. The molecular weight excluding hydrogens is 389 g/mol. The number of halogens is 1. The molecular formula is C17H28IN3O. The maximum absolute atomic E-state index is 5.67. The second-order valence-corrected chi connectivity index (χ2v) is 5.27. The summed E-state index contributed by atoms with van der Waals surface area (Å²) in [4.78, 5) is 4.14. The molecule has 2 N–H and O–H groups in total. The number of nitrogens with one attached hydrogen (secondary N) is 2. The Kier molecular flexibility index (Phi) is 11.6. The zero-order valence-electron chi connectivity index (χ0n) is 13.8. The number of aliphatic imine (C=N–C) groups is 1. The van der Waals surface area contributed by atoms with Crippen molar-refractivity contribution in [2.75, 3.05) is 26.7 Å². The first-order valence-electron chi connectivity index (χ1n) is 7.43. The molecule has 4 nitrogen and oxygen atoms in total. The fourth-order valence-corrected chi connectivity index (χ4v) is 1.73. The van der Waals surface area contributed by atoms with Crippen molar-refractivity contribution in [2.45, 2.75) is 20.3 Å². The van der Waals surface area contributed by atoms with Crippen molar-refractivity contribution in [3.05, 3.63) is 42.5 Å². The smallest absolute Gasteiger partial charge is 0.191 e. The van der Waals surface area contributed by atoms with Crippen molar-refractivity contribution in [3.63, 3.8) is 0 Å². The van der Waals surface area contributed by atoms with E-state index >= 15 is 0 Å². The van der Waals surface area contributed by atoms with E-state index in [2.05, 4.69) is 48.2 Å². The lowest BCUT2D eigenvalue weighted by Crippen LogP contribution is -2.38. The molecule has 0 heterocycles. The van der Waals surface area contributed by atoms with Crippen LogP contribution in [0.2, 0.25) is 0 Å². The Morgan fingerprint density at radius 3 is 2.50 bits per heavy atom. The maximum atomic E-state index is 5.67. The van der Waals surface area contributed by atoms with Gasteiger partial charge in [0, 0.05) is 20.1 Å². The molecule has 0 radical (unpaired) electrons. The van der Waals surface area contributed by atoms with Crippen molar-refractivity contribution in [3.8, 4) is 5.75 Å². The summed E-state index contributed by atoms with van der Waals surface area (Å²) in [6.07, 6.45) is 2.75. The second kappa shape index (κ2) is 12.3. The molecule has 0 atom stereocenters. The standard InChI is InChI=1S/C17H27N3O.HI/c1-5-11-19-17(18-4)20-12-10-15-6-8-16(9-7-15)21-13-14(2)3;/h5-9,14H,1,10-13H2,2-4H3,(H2,18,19,20);1H. The Morgan fingerprint density at radius 2 is 1.95 bits per heavy atom. The van der Waals surface area contributed by atoms with Gasteiger partial charge in [-0.15, -0.1) is 30.6 Å². The Balaban J connectivity index is 0.00000441. The molecule has 22 heavy (non-hydrogen) atoms. The van der Waals surface area contributed by atoms with E-state index in [-0.39, 0.29) is 24.0 Å². The molecule has 5 heteroatoms. The van der Waals surface area contributed by atoms with Gasteiger partial charge in [-0.25, -0.2) is 0 Å². The van der Waals surface area contributed by atoms with Crippen LogP contribution in [0.15, 0.2) is 41.9 Å². The highest BCUT2D eigenvalue weighted by atomic mass is 127. The number of benzene rings is 1. The van der Waals surface area contributed by atoms with Gasteiger partial charge < -0.3 is 15.4 Å². The molecule has 124 valence electrons. The highest BCUT2D eigenvalue weighted by Gasteiger charge is 1.99. The highest BCUT2D eigenvalue weighted by molar-refractivity contribution is 14.0. The van der Waals surface area contributed by atoms with E-state index in [0.29, 0.717) is 12.5 Å². The molecule has 1 aromatic carbocycles. The molecule has 1 aromatic rings. The topological polar surface area (TPSA) is 45.7 Å². The average molecular weight is 417 g/mol. The Morgan fingerprint density at radius 1 is 1.27 bits per heavy atom. The molecule has 0 amide bonds. The number of hydrogen-bond acceptors (Lipinski definition) is 2. The van der Waals surface area contributed by atoms with Gasteiger partial charge in [-0.1, -0.05) is 32.1 Å². The molecule has 0 aliphatic carbocycles. The van der Waals surface area contributed by atoms with Crippen LogP contribution in [0.25, 0.3) is 0 Å². The van der Waals surface area contributed by atoms with Gasteiger partial charge in [-0.2, -0.15) is 0 Å². The number of hydrogen-bond donors (Lipinski definition) is 2. The van der Waals surface area contributed by atoms with E-state index in [4.69, 9.17) is 4.74 Å². The molecule has 0 aliphatic rings. The maximum Gasteiger partial charge on any atom is 0.191 e. The molecule has 0 saturated heterocycles. The summed E-state index contributed by atoms with van der Waals surface area (Å²) >= 11 is 0. The first kappa shape index (κ1) is 20.8. The zero-order valence-corrected chi connectivity index (χ0v) is 16.1. The molecule has 0 spiro atoms. The number of nitrogens with zero attached hydrogens (tertiary/aromatic N) is 1. The fourth-order valence-electron chi connectivity index (χ4n) is 1.73. The summed E-state index contributed by atoms with van der Waals surface area (Å²) in [6.45, 7) is 10.3. The van der Waals surface area contributed by atoms with Crippen molar-refractivity contribution in [2.24, 2.45) is 10.9 Å². The minimum absolute atomic E-state index is 0. The normalized spacial score (nSPS) is 10.8. The van der Waals surface area contributed by atoms with E-state index in [0.717, 1.165) is 31.3 Å². The Bertz CT molecular complexity index is 444. The lowest BCUT2D eigenvalue weighted by molar-refractivity contribution is 0.271. The molecule has 1 rings (SSSR count). The number of ether oxygens (including phenoxy) is 1. The van der Waals surface area contributed by atoms with Gasteiger partial charge >= 0.3 is 0 Å². The van der Waals surface area contributed by atoms with Crippen LogP contribution in [0.3, 0.4) is 0 Å². The molecule has 0 unspecified atom stereocenters. The van der Waals surface area contributed by atoms with E-state index in [1.165, 1.54) is 5.56 Å². The van der Waals surface area contributed by atoms with E-state index < -0.39 is 0 Å². The minimum atomic E-state index is 0. The molecule has 0 aromatic heterocycles. The van der Waals surface area contributed by atoms with Crippen LogP contribution in [0.4, 0.5) is 0 Å². The summed E-state index contributed by atoms with van der Waals surface area (Å²) in [6, 6.07) is 8.28. The van der Waals surface area contributed by atoms with Crippen molar-refractivity contribution in [1.82, 2.24) is 10.6 Å². The predicted octanol–water partition coefficient (Wildman–Crippen LogP) is 3.23. The van der Waals surface area contributed by atoms with Gasteiger partial charge in [0.05, 0.1) is 6.61 Å². The Hall–Kier alpha value is -1.24. The molecule has 0 aliphatic heterocycles.